The molecule has 9 rings (SSSR count). The van der Waals surface area contributed by atoms with Crippen LogP contribution in [0.4, 0.5) is 0 Å². The Hall–Kier alpha value is -5.84. The summed E-state index contributed by atoms with van der Waals surface area (Å²) in [5.41, 5.74) is 0. The van der Waals surface area contributed by atoms with E-state index in [0.717, 1.165) is 0 Å². The molecule has 0 aliphatic carbocycles. The summed E-state index contributed by atoms with van der Waals surface area (Å²) in [6.45, 7) is 0. The minimum absolute atomic E-state index is 0. The largest absolute Gasteiger partial charge is 0.530 e. The summed E-state index contributed by atoms with van der Waals surface area (Å²) >= 11 is 0. The molecular formula is C54H45NiO3P3. The SMILES string of the molecule is [Ni].c1ccc(OP(Oc2ccccc2)Oc2ccccc2)cc1.c1ccc(P(c2ccccc2)c2ccccc2)cc1.c1ccc(P(c2ccccc2)c2ccccc2)cc1. The van der Waals surface area contributed by atoms with E-state index in [1.165, 1.54) is 31.8 Å². The predicted octanol–water partition coefficient (Wildman–Crippen LogP) is 12.3. The van der Waals surface area contributed by atoms with Gasteiger partial charge in [-0.2, -0.15) is 0 Å². The third kappa shape index (κ3) is 14.1. The molecule has 304 valence electrons. The molecule has 0 aliphatic rings. The fourth-order valence-electron chi connectivity index (χ4n) is 6.11. The van der Waals surface area contributed by atoms with Gasteiger partial charge in [0.15, 0.2) is 0 Å². The third-order valence-electron chi connectivity index (χ3n) is 8.86. The third-order valence-corrected chi connectivity index (χ3v) is 14.8. The van der Waals surface area contributed by atoms with E-state index in [9.17, 15) is 0 Å². The summed E-state index contributed by atoms with van der Waals surface area (Å²) in [4.78, 5) is 0. The standard InChI is InChI=1S/C18H15O3P.2C18H15P.Ni/c1-4-10-16(11-5-1)19-22(20-17-12-6-2-7-13-17)21-18-14-8-3-9-15-18;2*1-4-10-16(11-5-1)19(17-12-6-2-7-13-17)18-14-8-3-9-15-18;/h1-15H;2*1-15H;. The van der Waals surface area contributed by atoms with Crippen LogP contribution in [0.1, 0.15) is 0 Å². The van der Waals surface area contributed by atoms with Crippen LogP contribution < -0.4 is 45.4 Å². The Morgan fingerprint density at radius 3 is 0.508 bits per heavy atom. The van der Waals surface area contributed by atoms with Crippen molar-refractivity contribution in [3.63, 3.8) is 0 Å². The molecule has 9 aromatic carbocycles. The van der Waals surface area contributed by atoms with Gasteiger partial charge < -0.3 is 13.6 Å². The molecular weight excluding hydrogens is 848 g/mol. The second-order valence-electron chi connectivity index (χ2n) is 13.1. The van der Waals surface area contributed by atoms with Crippen LogP contribution in [0.3, 0.4) is 0 Å². The molecule has 0 spiro atoms. The normalized spacial score (nSPS) is 10.3. The molecule has 0 heterocycles. The van der Waals surface area contributed by atoms with Gasteiger partial charge in [-0.1, -0.05) is 237 Å². The van der Waals surface area contributed by atoms with Crippen molar-refractivity contribution >= 4 is 56.3 Å². The topological polar surface area (TPSA) is 27.7 Å². The smallest absolute Gasteiger partial charge is 0.409 e. The summed E-state index contributed by atoms with van der Waals surface area (Å²) < 4.78 is 17.5. The van der Waals surface area contributed by atoms with E-state index in [1.807, 2.05) is 91.0 Å². The zero-order chi connectivity index (χ0) is 40.9. The molecule has 3 nitrogen and oxygen atoms in total. The first-order chi connectivity index (χ1) is 29.8. The van der Waals surface area contributed by atoms with Gasteiger partial charge in [0.1, 0.15) is 17.2 Å². The van der Waals surface area contributed by atoms with Gasteiger partial charge in [0.2, 0.25) is 0 Å². The van der Waals surface area contributed by atoms with Gasteiger partial charge in [-0.25, -0.2) is 0 Å². The van der Waals surface area contributed by atoms with Crippen LogP contribution in [0.25, 0.3) is 0 Å². The predicted molar refractivity (Wildman–Crippen MR) is 258 cm³/mol. The first-order valence-electron chi connectivity index (χ1n) is 19.7. The fraction of sp³-hybridized carbons (Fsp3) is 0. The Labute approximate surface area is 374 Å². The zero-order valence-electron chi connectivity index (χ0n) is 33.4. The molecule has 0 saturated heterocycles. The summed E-state index contributed by atoms with van der Waals surface area (Å²) in [7, 11) is -2.48. The van der Waals surface area contributed by atoms with E-state index in [0.29, 0.717) is 17.2 Å². The number of hydrogen-bond donors (Lipinski definition) is 0. The minimum Gasteiger partial charge on any atom is -0.409 e. The number of hydrogen-bond acceptors (Lipinski definition) is 3. The summed E-state index contributed by atoms with van der Waals surface area (Å²) in [5.74, 6) is 2.13. The number of benzene rings is 9. The Balaban J connectivity index is 0.000000152. The monoisotopic (exact) mass is 892 g/mol. The summed E-state index contributed by atoms with van der Waals surface area (Å²) in [6.07, 6.45) is 0. The van der Waals surface area contributed by atoms with Gasteiger partial charge in [-0.15, -0.1) is 0 Å². The Morgan fingerprint density at radius 2 is 0.344 bits per heavy atom. The van der Waals surface area contributed by atoms with Crippen LogP contribution in [-0.2, 0) is 16.5 Å². The van der Waals surface area contributed by atoms with E-state index < -0.39 is 24.4 Å². The molecule has 0 N–H and O–H groups in total. The van der Waals surface area contributed by atoms with Crippen LogP contribution in [0.5, 0.6) is 17.2 Å². The molecule has 7 heteroatoms. The molecule has 0 fully saturated rings. The number of rotatable bonds is 12. The Morgan fingerprint density at radius 1 is 0.197 bits per heavy atom. The average molecular weight is 894 g/mol. The van der Waals surface area contributed by atoms with Crippen LogP contribution >= 0.6 is 24.4 Å². The Bertz CT molecular complexity index is 2090. The maximum absolute atomic E-state index is 5.84. The Kier molecular flexibility index (Phi) is 18.4. The molecule has 0 radical (unpaired) electrons. The second kappa shape index (κ2) is 25.1. The van der Waals surface area contributed by atoms with Crippen LogP contribution in [0.15, 0.2) is 273 Å². The average Bonchev–Trinajstić information content (AvgIpc) is 3.33. The first-order valence-corrected chi connectivity index (χ1v) is 23.5. The molecule has 0 bridgehead atoms. The van der Waals surface area contributed by atoms with Crippen molar-refractivity contribution in [2.45, 2.75) is 0 Å². The maximum Gasteiger partial charge on any atom is 0.530 e. The molecule has 0 aromatic heterocycles. The molecule has 0 amide bonds. The van der Waals surface area contributed by atoms with Gasteiger partial charge >= 0.3 is 8.60 Å². The van der Waals surface area contributed by atoms with E-state index >= 15 is 0 Å². The molecule has 0 aliphatic heterocycles. The van der Waals surface area contributed by atoms with Crippen LogP contribution in [0, 0.1) is 0 Å². The molecule has 0 saturated carbocycles. The van der Waals surface area contributed by atoms with Gasteiger partial charge in [0.25, 0.3) is 0 Å². The van der Waals surface area contributed by atoms with Crippen LogP contribution in [0.2, 0.25) is 0 Å². The first kappa shape index (κ1) is 44.7. The maximum atomic E-state index is 5.84. The summed E-state index contributed by atoms with van der Waals surface area (Å²) in [5, 5.41) is 8.39. The molecule has 0 atom stereocenters. The summed E-state index contributed by atoms with van der Waals surface area (Å²) in [6, 6.07) is 93.2. The minimum atomic E-state index is -1.59. The van der Waals surface area contributed by atoms with Gasteiger partial charge in [0, 0.05) is 16.5 Å². The van der Waals surface area contributed by atoms with Crippen molar-refractivity contribution in [3.05, 3.63) is 273 Å². The fourth-order valence-corrected chi connectivity index (χ4v) is 11.7. The quantitative estimate of drug-likeness (QED) is 0.0903. The molecule has 9 aromatic rings. The number of para-hydroxylation sites is 3. The van der Waals surface area contributed by atoms with Crippen LogP contribution in [-0.4, -0.2) is 0 Å². The van der Waals surface area contributed by atoms with Gasteiger partial charge in [0.05, 0.1) is 0 Å². The van der Waals surface area contributed by atoms with Gasteiger partial charge in [-0.3, -0.25) is 0 Å². The van der Waals surface area contributed by atoms with E-state index in [-0.39, 0.29) is 16.5 Å². The van der Waals surface area contributed by atoms with Crippen molar-refractivity contribution in [1.29, 1.82) is 0 Å². The van der Waals surface area contributed by atoms with Crippen molar-refractivity contribution < 1.29 is 30.1 Å². The van der Waals surface area contributed by atoms with Crippen molar-refractivity contribution in [2.75, 3.05) is 0 Å². The molecule has 0 unspecified atom stereocenters. The van der Waals surface area contributed by atoms with Crippen molar-refractivity contribution in [3.8, 4) is 17.2 Å². The molecule has 61 heavy (non-hydrogen) atoms. The van der Waals surface area contributed by atoms with Gasteiger partial charge in [-0.05, 0) is 84.1 Å². The van der Waals surface area contributed by atoms with E-state index in [1.54, 1.807) is 0 Å². The van der Waals surface area contributed by atoms with E-state index in [2.05, 4.69) is 182 Å². The van der Waals surface area contributed by atoms with E-state index in [4.69, 9.17) is 13.6 Å². The van der Waals surface area contributed by atoms with Crippen molar-refractivity contribution in [1.82, 2.24) is 0 Å². The second-order valence-corrected chi connectivity index (χ2v) is 18.6. The van der Waals surface area contributed by atoms with Crippen molar-refractivity contribution in [2.24, 2.45) is 0 Å². The zero-order valence-corrected chi connectivity index (χ0v) is 37.0.